The Bertz CT molecular complexity index is 1420. The summed E-state index contributed by atoms with van der Waals surface area (Å²) in [4.78, 5) is 29.1. The van der Waals surface area contributed by atoms with Crippen LogP contribution in [-0.4, -0.2) is 44.5 Å². The Balaban J connectivity index is 1.41. The number of aryl methyl sites for hydroxylation is 1. The lowest BCUT2D eigenvalue weighted by molar-refractivity contribution is 0.0989. The Morgan fingerprint density at radius 1 is 0.919 bits per heavy atom. The molecular formula is C29H31NO5S2. The number of benzene rings is 2. The van der Waals surface area contributed by atoms with Gasteiger partial charge in [-0.1, -0.05) is 24.3 Å². The van der Waals surface area contributed by atoms with E-state index in [0.717, 1.165) is 60.3 Å². The average Bonchev–Trinajstić information content (AvgIpc) is 3.58. The van der Waals surface area contributed by atoms with Crippen LogP contribution in [0.25, 0.3) is 0 Å². The minimum Gasteiger partial charge on any atom is -0.497 e. The lowest BCUT2D eigenvalue weighted by Crippen LogP contribution is -2.28. The molecule has 1 aliphatic heterocycles. The molecule has 0 bridgehead atoms. The molecule has 0 unspecified atom stereocenters. The quantitative estimate of drug-likeness (QED) is 0.348. The zero-order valence-electron chi connectivity index (χ0n) is 21.0. The van der Waals surface area contributed by atoms with Crippen molar-refractivity contribution in [1.29, 1.82) is 0 Å². The molecule has 0 N–H and O–H groups in total. The Labute approximate surface area is 222 Å². The highest BCUT2D eigenvalue weighted by Gasteiger charge is 2.29. The highest BCUT2D eigenvalue weighted by atomic mass is 32.2. The van der Waals surface area contributed by atoms with Crippen LogP contribution in [0.2, 0.25) is 0 Å². The van der Waals surface area contributed by atoms with E-state index in [1.165, 1.54) is 15.2 Å². The van der Waals surface area contributed by atoms with E-state index < -0.39 is 10.0 Å². The van der Waals surface area contributed by atoms with Gasteiger partial charge in [-0.3, -0.25) is 9.59 Å². The Hall–Kier alpha value is -2.81. The van der Waals surface area contributed by atoms with Crippen molar-refractivity contribution in [2.24, 2.45) is 0 Å². The molecular weight excluding hydrogens is 506 g/mol. The zero-order valence-corrected chi connectivity index (χ0v) is 22.6. The predicted octanol–water partition coefficient (Wildman–Crippen LogP) is 5.27. The molecule has 1 aromatic heterocycles. The van der Waals surface area contributed by atoms with Gasteiger partial charge in [-0.15, -0.1) is 11.3 Å². The van der Waals surface area contributed by atoms with E-state index in [1.54, 1.807) is 36.6 Å². The second-order valence-corrected chi connectivity index (χ2v) is 12.8. The molecule has 3 aromatic rings. The maximum absolute atomic E-state index is 13.6. The van der Waals surface area contributed by atoms with E-state index in [0.29, 0.717) is 24.2 Å². The summed E-state index contributed by atoms with van der Waals surface area (Å²) in [5, 5.41) is 0. The molecule has 0 saturated carbocycles. The number of Topliss-reactive ketones (excluding diaryl/α,β-unsaturated/α-hetero) is 2. The van der Waals surface area contributed by atoms with Gasteiger partial charge in [0.05, 0.1) is 12.0 Å². The fourth-order valence-corrected chi connectivity index (χ4v) is 8.22. The molecule has 194 valence electrons. The first kappa shape index (κ1) is 25.8. The molecule has 8 heteroatoms. The molecule has 37 heavy (non-hydrogen) atoms. The normalized spacial score (nSPS) is 15.9. The topological polar surface area (TPSA) is 80.8 Å². The van der Waals surface area contributed by atoms with Crippen LogP contribution in [0, 0.1) is 0 Å². The van der Waals surface area contributed by atoms with Crippen LogP contribution < -0.4 is 4.74 Å². The van der Waals surface area contributed by atoms with Crippen LogP contribution in [0.15, 0.2) is 53.4 Å². The summed E-state index contributed by atoms with van der Waals surface area (Å²) in [5.41, 5.74) is 3.06. The Kier molecular flexibility index (Phi) is 7.60. The monoisotopic (exact) mass is 537 g/mol. The van der Waals surface area contributed by atoms with Crippen molar-refractivity contribution in [3.8, 4) is 5.75 Å². The number of carbonyl (C=O) groups excluding carboxylic acids is 2. The first-order valence-electron chi connectivity index (χ1n) is 12.8. The molecule has 0 atom stereocenters. The van der Waals surface area contributed by atoms with Crippen molar-refractivity contribution in [2.75, 3.05) is 20.2 Å². The van der Waals surface area contributed by atoms with Crippen LogP contribution >= 0.6 is 11.3 Å². The van der Waals surface area contributed by atoms with E-state index in [2.05, 4.69) is 0 Å². The molecule has 2 aromatic carbocycles. The number of sulfonamides is 1. The van der Waals surface area contributed by atoms with Crippen molar-refractivity contribution < 1.29 is 22.7 Å². The fraction of sp³-hybridized carbons (Fsp3) is 0.379. The molecule has 6 nitrogen and oxygen atoms in total. The predicted molar refractivity (Wildman–Crippen MR) is 144 cm³/mol. The molecule has 1 saturated heterocycles. The highest BCUT2D eigenvalue weighted by molar-refractivity contribution is 7.89. The molecule has 2 aliphatic rings. The lowest BCUT2D eigenvalue weighted by atomic mass is 9.90. The number of fused-ring (bicyclic) bond motifs is 1. The summed E-state index contributed by atoms with van der Waals surface area (Å²) in [6.45, 7) is 1.03. The summed E-state index contributed by atoms with van der Waals surface area (Å²) in [5.74, 6) is 0.595. The first-order chi connectivity index (χ1) is 17.9. The number of ketones is 2. The van der Waals surface area contributed by atoms with E-state index in [-0.39, 0.29) is 29.3 Å². The van der Waals surface area contributed by atoms with Crippen LogP contribution in [0.5, 0.6) is 5.75 Å². The van der Waals surface area contributed by atoms with Crippen LogP contribution in [-0.2, 0) is 35.7 Å². The third kappa shape index (κ3) is 5.42. The summed E-state index contributed by atoms with van der Waals surface area (Å²) in [6.07, 6.45) is 5.97. The molecule has 2 heterocycles. The number of rotatable bonds is 9. The van der Waals surface area contributed by atoms with Crippen molar-refractivity contribution in [3.63, 3.8) is 0 Å². The van der Waals surface area contributed by atoms with E-state index >= 15 is 0 Å². The summed E-state index contributed by atoms with van der Waals surface area (Å²) >= 11 is 1.57. The SMILES string of the molecule is COc1ccc(CC(=O)c2c(CC(=O)c3cccc(S(=O)(=O)N4CCCC4)c3)sc3c2CCCC3)cc1. The minimum atomic E-state index is -3.61. The molecule has 0 amide bonds. The molecule has 1 fully saturated rings. The summed E-state index contributed by atoms with van der Waals surface area (Å²) < 4.78 is 32.8. The van der Waals surface area contributed by atoms with Gasteiger partial charge in [-0.25, -0.2) is 8.42 Å². The van der Waals surface area contributed by atoms with E-state index in [1.807, 2.05) is 24.3 Å². The maximum Gasteiger partial charge on any atom is 0.243 e. The van der Waals surface area contributed by atoms with Gasteiger partial charge in [0.25, 0.3) is 0 Å². The van der Waals surface area contributed by atoms with Gasteiger partial charge < -0.3 is 4.74 Å². The molecule has 5 rings (SSSR count). The number of thiophene rings is 1. The number of carbonyl (C=O) groups is 2. The van der Waals surface area contributed by atoms with Crippen LogP contribution in [0.4, 0.5) is 0 Å². The molecule has 0 radical (unpaired) electrons. The number of nitrogens with zero attached hydrogens (tertiary/aromatic N) is 1. The second kappa shape index (κ2) is 10.9. The van der Waals surface area contributed by atoms with Gasteiger partial charge in [0, 0.05) is 46.8 Å². The summed E-state index contributed by atoms with van der Waals surface area (Å²) in [6, 6.07) is 13.8. The fourth-order valence-electron chi connectivity index (χ4n) is 5.24. The summed E-state index contributed by atoms with van der Waals surface area (Å²) in [7, 11) is -2.00. The van der Waals surface area contributed by atoms with Gasteiger partial charge in [0.2, 0.25) is 10.0 Å². The average molecular weight is 538 g/mol. The van der Waals surface area contributed by atoms with Crippen molar-refractivity contribution in [3.05, 3.63) is 80.5 Å². The maximum atomic E-state index is 13.6. The van der Waals surface area contributed by atoms with Crippen molar-refractivity contribution in [1.82, 2.24) is 4.31 Å². The van der Waals surface area contributed by atoms with Gasteiger partial charge in [0.15, 0.2) is 11.6 Å². The highest BCUT2D eigenvalue weighted by Crippen LogP contribution is 2.36. The van der Waals surface area contributed by atoms with Gasteiger partial charge in [-0.2, -0.15) is 4.31 Å². The van der Waals surface area contributed by atoms with Gasteiger partial charge in [-0.05, 0) is 73.9 Å². The standard InChI is InChI=1S/C29H31NO5S2/c1-35-22-13-11-20(12-14-22)17-26(32)29-24-9-2-3-10-27(24)36-28(29)19-25(31)21-7-6-8-23(18-21)37(33,34)30-15-4-5-16-30/h6-8,11-14,18H,2-5,9-10,15-17,19H2,1H3. The van der Waals surface area contributed by atoms with Gasteiger partial charge in [0.1, 0.15) is 5.75 Å². The zero-order chi connectivity index (χ0) is 26.0. The molecule has 0 spiro atoms. The Morgan fingerprint density at radius 3 is 2.38 bits per heavy atom. The lowest BCUT2D eigenvalue weighted by Gasteiger charge is -2.16. The Morgan fingerprint density at radius 2 is 1.65 bits per heavy atom. The van der Waals surface area contributed by atoms with Crippen LogP contribution in [0.3, 0.4) is 0 Å². The third-order valence-electron chi connectivity index (χ3n) is 7.23. The molecule has 1 aliphatic carbocycles. The van der Waals surface area contributed by atoms with Gasteiger partial charge >= 0.3 is 0 Å². The second-order valence-electron chi connectivity index (χ2n) is 9.70. The van der Waals surface area contributed by atoms with Crippen LogP contribution in [0.1, 0.15) is 67.3 Å². The van der Waals surface area contributed by atoms with Crippen molar-refractivity contribution >= 4 is 32.9 Å². The third-order valence-corrected chi connectivity index (χ3v) is 10.4. The van der Waals surface area contributed by atoms with E-state index in [9.17, 15) is 18.0 Å². The largest absolute Gasteiger partial charge is 0.497 e. The van der Waals surface area contributed by atoms with E-state index in [4.69, 9.17) is 4.74 Å². The number of ether oxygens (including phenoxy) is 1. The number of hydrogen-bond donors (Lipinski definition) is 0. The van der Waals surface area contributed by atoms with Crippen molar-refractivity contribution in [2.45, 2.75) is 56.3 Å². The first-order valence-corrected chi connectivity index (χ1v) is 15.1. The number of methoxy groups -OCH3 is 1. The smallest absolute Gasteiger partial charge is 0.243 e. The minimum absolute atomic E-state index is 0.0257. The number of hydrogen-bond acceptors (Lipinski definition) is 6.